The molecule has 2 N–H and O–H groups in total. The second-order valence-corrected chi connectivity index (χ2v) is 4.32. The SMILES string of the molecule is COC(=O)Nc1cccc(NC2CCCC2)c1. The van der Waals surface area contributed by atoms with Crippen LogP contribution < -0.4 is 10.6 Å². The van der Waals surface area contributed by atoms with Crippen LogP contribution in [0.25, 0.3) is 0 Å². The monoisotopic (exact) mass is 234 g/mol. The number of ether oxygens (including phenoxy) is 1. The Morgan fingerprint density at radius 2 is 2.00 bits per heavy atom. The fraction of sp³-hybridized carbons (Fsp3) is 0.462. The average molecular weight is 234 g/mol. The highest BCUT2D eigenvalue weighted by atomic mass is 16.5. The highest BCUT2D eigenvalue weighted by molar-refractivity contribution is 5.85. The predicted molar refractivity (Wildman–Crippen MR) is 68.3 cm³/mol. The standard InChI is InChI=1S/C13H18N2O2/c1-17-13(16)15-12-8-4-7-11(9-12)14-10-5-2-3-6-10/h4,7-10,14H,2-3,5-6H2,1H3,(H,15,16). The van der Waals surface area contributed by atoms with Gasteiger partial charge in [0.05, 0.1) is 7.11 Å². The summed E-state index contributed by atoms with van der Waals surface area (Å²) in [5, 5.41) is 6.14. The molecule has 0 heterocycles. The number of nitrogens with one attached hydrogen (secondary N) is 2. The number of hydrogen-bond donors (Lipinski definition) is 2. The van der Waals surface area contributed by atoms with E-state index in [1.807, 2.05) is 24.3 Å². The zero-order valence-corrected chi connectivity index (χ0v) is 10.0. The average Bonchev–Trinajstić information content (AvgIpc) is 2.82. The van der Waals surface area contributed by atoms with Crippen LogP contribution in [0, 0.1) is 0 Å². The van der Waals surface area contributed by atoms with Gasteiger partial charge < -0.3 is 10.1 Å². The van der Waals surface area contributed by atoms with Crippen LogP contribution in [0.4, 0.5) is 16.2 Å². The van der Waals surface area contributed by atoms with Crippen LogP contribution in [0.1, 0.15) is 25.7 Å². The Bertz CT molecular complexity index is 387. The normalized spacial score (nSPS) is 15.6. The Labute approximate surface area is 101 Å². The van der Waals surface area contributed by atoms with E-state index in [9.17, 15) is 4.79 Å². The second kappa shape index (κ2) is 5.57. The number of carbonyl (C=O) groups excluding carboxylic acids is 1. The molecule has 1 fully saturated rings. The quantitative estimate of drug-likeness (QED) is 0.844. The van der Waals surface area contributed by atoms with Crippen LogP contribution in [0.2, 0.25) is 0 Å². The van der Waals surface area contributed by atoms with Crippen LogP contribution in [-0.2, 0) is 4.74 Å². The molecule has 92 valence electrons. The molecule has 1 amide bonds. The van der Waals surface area contributed by atoms with Crippen molar-refractivity contribution in [3.63, 3.8) is 0 Å². The van der Waals surface area contributed by atoms with Gasteiger partial charge in [0.15, 0.2) is 0 Å². The lowest BCUT2D eigenvalue weighted by Crippen LogP contribution is -2.15. The maximum atomic E-state index is 11.1. The summed E-state index contributed by atoms with van der Waals surface area (Å²) >= 11 is 0. The highest BCUT2D eigenvalue weighted by Crippen LogP contribution is 2.23. The summed E-state index contributed by atoms with van der Waals surface area (Å²) in [6.07, 6.45) is 4.63. The maximum absolute atomic E-state index is 11.1. The molecule has 0 saturated heterocycles. The topological polar surface area (TPSA) is 50.4 Å². The van der Waals surface area contributed by atoms with Gasteiger partial charge in [0, 0.05) is 17.4 Å². The molecule has 1 aromatic carbocycles. The van der Waals surface area contributed by atoms with Gasteiger partial charge in [-0.2, -0.15) is 0 Å². The molecule has 0 aromatic heterocycles. The summed E-state index contributed by atoms with van der Waals surface area (Å²) in [7, 11) is 1.36. The summed E-state index contributed by atoms with van der Waals surface area (Å²) < 4.78 is 4.56. The first-order valence-electron chi connectivity index (χ1n) is 5.99. The predicted octanol–water partition coefficient (Wildman–Crippen LogP) is 3.22. The Kier molecular flexibility index (Phi) is 3.85. The Balaban J connectivity index is 1.97. The summed E-state index contributed by atoms with van der Waals surface area (Å²) in [6, 6.07) is 8.28. The first kappa shape index (κ1) is 11.8. The molecule has 1 aliphatic carbocycles. The summed E-state index contributed by atoms with van der Waals surface area (Å²) in [6.45, 7) is 0. The van der Waals surface area contributed by atoms with Gasteiger partial charge in [-0.15, -0.1) is 0 Å². The molecule has 0 bridgehead atoms. The largest absolute Gasteiger partial charge is 0.453 e. The molecule has 0 spiro atoms. The molecule has 1 aromatic rings. The van der Waals surface area contributed by atoms with Crippen LogP contribution >= 0.6 is 0 Å². The molecule has 1 saturated carbocycles. The molecule has 0 radical (unpaired) electrons. The number of amides is 1. The van der Waals surface area contributed by atoms with Crippen LogP contribution in [-0.4, -0.2) is 19.2 Å². The van der Waals surface area contributed by atoms with Crippen molar-refractivity contribution >= 4 is 17.5 Å². The minimum Gasteiger partial charge on any atom is -0.453 e. The maximum Gasteiger partial charge on any atom is 0.411 e. The molecule has 0 unspecified atom stereocenters. The van der Waals surface area contributed by atoms with Crippen molar-refractivity contribution in [2.75, 3.05) is 17.7 Å². The number of benzene rings is 1. The zero-order chi connectivity index (χ0) is 12.1. The first-order valence-corrected chi connectivity index (χ1v) is 5.99. The van der Waals surface area contributed by atoms with Gasteiger partial charge in [-0.05, 0) is 31.0 Å². The molecule has 0 aliphatic heterocycles. The van der Waals surface area contributed by atoms with E-state index in [4.69, 9.17) is 0 Å². The van der Waals surface area contributed by atoms with Gasteiger partial charge in [0.2, 0.25) is 0 Å². The van der Waals surface area contributed by atoms with E-state index in [-0.39, 0.29) is 0 Å². The first-order chi connectivity index (χ1) is 8.28. The van der Waals surface area contributed by atoms with Crippen LogP contribution in [0.5, 0.6) is 0 Å². The van der Waals surface area contributed by atoms with Gasteiger partial charge >= 0.3 is 6.09 Å². The van der Waals surface area contributed by atoms with E-state index >= 15 is 0 Å². The Hall–Kier alpha value is -1.71. The van der Waals surface area contributed by atoms with Gasteiger partial charge in [-0.25, -0.2) is 4.79 Å². The lowest BCUT2D eigenvalue weighted by molar-refractivity contribution is 0.187. The fourth-order valence-corrected chi connectivity index (χ4v) is 2.16. The summed E-state index contributed by atoms with van der Waals surface area (Å²) in [4.78, 5) is 11.1. The number of hydrogen-bond acceptors (Lipinski definition) is 3. The molecular weight excluding hydrogens is 216 g/mol. The van der Waals surface area contributed by atoms with Crippen LogP contribution in [0.15, 0.2) is 24.3 Å². The second-order valence-electron chi connectivity index (χ2n) is 4.32. The van der Waals surface area contributed by atoms with Crippen molar-refractivity contribution in [3.8, 4) is 0 Å². The molecule has 17 heavy (non-hydrogen) atoms. The van der Waals surface area contributed by atoms with E-state index in [1.165, 1.54) is 32.8 Å². The van der Waals surface area contributed by atoms with Crippen molar-refractivity contribution in [3.05, 3.63) is 24.3 Å². The Morgan fingerprint density at radius 3 is 2.71 bits per heavy atom. The molecule has 4 heteroatoms. The van der Waals surface area contributed by atoms with E-state index < -0.39 is 6.09 Å². The molecule has 0 atom stereocenters. The molecule has 4 nitrogen and oxygen atoms in total. The van der Waals surface area contributed by atoms with Crippen molar-refractivity contribution in [1.82, 2.24) is 0 Å². The minimum atomic E-state index is -0.442. The number of rotatable bonds is 3. The molecule has 2 rings (SSSR count). The molecule has 1 aliphatic rings. The van der Waals surface area contributed by atoms with E-state index in [1.54, 1.807) is 0 Å². The molecular formula is C13H18N2O2. The van der Waals surface area contributed by atoms with Gasteiger partial charge in [-0.3, -0.25) is 5.32 Å². The van der Waals surface area contributed by atoms with Crippen molar-refractivity contribution < 1.29 is 9.53 Å². The number of methoxy groups -OCH3 is 1. The lowest BCUT2D eigenvalue weighted by atomic mass is 10.2. The smallest absolute Gasteiger partial charge is 0.411 e. The van der Waals surface area contributed by atoms with Crippen molar-refractivity contribution in [1.29, 1.82) is 0 Å². The van der Waals surface area contributed by atoms with Crippen molar-refractivity contribution in [2.24, 2.45) is 0 Å². The number of carbonyl (C=O) groups is 1. The minimum absolute atomic E-state index is 0.442. The zero-order valence-electron chi connectivity index (χ0n) is 10.0. The summed E-state index contributed by atoms with van der Waals surface area (Å²) in [5.74, 6) is 0. The fourth-order valence-electron chi connectivity index (χ4n) is 2.16. The third-order valence-electron chi connectivity index (χ3n) is 3.02. The van der Waals surface area contributed by atoms with Gasteiger partial charge in [-0.1, -0.05) is 18.9 Å². The Morgan fingerprint density at radius 1 is 1.29 bits per heavy atom. The van der Waals surface area contributed by atoms with Crippen molar-refractivity contribution in [2.45, 2.75) is 31.7 Å². The number of anilines is 2. The van der Waals surface area contributed by atoms with E-state index in [2.05, 4.69) is 15.4 Å². The van der Waals surface area contributed by atoms with E-state index in [0.717, 1.165) is 11.4 Å². The van der Waals surface area contributed by atoms with Gasteiger partial charge in [0.1, 0.15) is 0 Å². The third-order valence-corrected chi connectivity index (χ3v) is 3.02. The van der Waals surface area contributed by atoms with E-state index in [0.29, 0.717) is 6.04 Å². The highest BCUT2D eigenvalue weighted by Gasteiger charge is 2.14. The summed E-state index contributed by atoms with van der Waals surface area (Å²) in [5.41, 5.74) is 1.80. The van der Waals surface area contributed by atoms with Gasteiger partial charge in [0.25, 0.3) is 0 Å². The lowest BCUT2D eigenvalue weighted by Gasteiger charge is -2.14. The van der Waals surface area contributed by atoms with Crippen LogP contribution in [0.3, 0.4) is 0 Å². The third kappa shape index (κ3) is 3.37.